The molecule has 0 saturated heterocycles. The van der Waals surface area contributed by atoms with Gasteiger partial charge in [-0.15, -0.1) is 0 Å². The van der Waals surface area contributed by atoms with Gasteiger partial charge < -0.3 is 24.6 Å². The number of carbonyl (C=O) groups excluding carboxylic acids is 2. The Morgan fingerprint density at radius 3 is 2.75 bits per heavy atom. The first-order valence-corrected chi connectivity index (χ1v) is 10.00. The molecule has 1 aliphatic heterocycles. The van der Waals surface area contributed by atoms with Gasteiger partial charge in [-0.1, -0.05) is 35.0 Å². The maximum Gasteiger partial charge on any atom is 0.337 e. The molecule has 2 N–H and O–H groups in total. The van der Waals surface area contributed by atoms with Crippen molar-refractivity contribution < 1.29 is 24.0 Å². The molecule has 164 valence electrons. The highest BCUT2D eigenvalue weighted by Gasteiger charge is 2.34. The molecule has 0 atom stereocenters. The number of anilines is 1. The Morgan fingerprint density at radius 1 is 1.22 bits per heavy atom. The highest BCUT2D eigenvalue weighted by Crippen LogP contribution is 2.27. The lowest BCUT2D eigenvalue weighted by Gasteiger charge is -2.15. The summed E-state index contributed by atoms with van der Waals surface area (Å²) in [4.78, 5) is 30.7. The van der Waals surface area contributed by atoms with Gasteiger partial charge >= 0.3 is 5.97 Å². The minimum Gasteiger partial charge on any atom is -0.466 e. The molecule has 1 aromatic heterocycles. The number of aryl methyl sites for hydroxylation is 1. The summed E-state index contributed by atoms with van der Waals surface area (Å²) in [6, 6.07) is 14.9. The van der Waals surface area contributed by atoms with Crippen LogP contribution in [0, 0.1) is 6.92 Å². The first-order chi connectivity index (χ1) is 15.5. The molecule has 2 aromatic carbocycles. The van der Waals surface area contributed by atoms with Crippen LogP contribution in [0.4, 0.5) is 5.69 Å². The Labute approximate surface area is 184 Å². The zero-order valence-corrected chi connectivity index (χ0v) is 17.7. The lowest BCUT2D eigenvalue weighted by molar-refractivity contribution is -0.136. The summed E-state index contributed by atoms with van der Waals surface area (Å²) in [5.74, 6) is -0.183. The van der Waals surface area contributed by atoms with Crippen LogP contribution < -0.4 is 5.32 Å². The maximum absolute atomic E-state index is 12.7. The molecule has 0 aliphatic carbocycles. The summed E-state index contributed by atoms with van der Waals surface area (Å²) in [7, 11) is 1.26. The van der Waals surface area contributed by atoms with E-state index in [2.05, 4.69) is 15.5 Å². The van der Waals surface area contributed by atoms with Crippen LogP contribution in [-0.2, 0) is 14.3 Å². The van der Waals surface area contributed by atoms with Gasteiger partial charge in [-0.2, -0.15) is 4.98 Å². The number of benzene rings is 2. The van der Waals surface area contributed by atoms with Crippen LogP contribution >= 0.6 is 0 Å². The lowest BCUT2D eigenvalue weighted by Crippen LogP contribution is -2.31. The smallest absolute Gasteiger partial charge is 0.337 e. The number of ether oxygens (including phenoxy) is 1. The summed E-state index contributed by atoms with van der Waals surface area (Å²) in [5.41, 5.74) is 3.48. The second-order valence-electron chi connectivity index (χ2n) is 7.29. The highest BCUT2D eigenvalue weighted by molar-refractivity contribution is 6.08. The van der Waals surface area contributed by atoms with Crippen molar-refractivity contribution in [1.82, 2.24) is 15.0 Å². The molecule has 0 radical (unpaired) electrons. The van der Waals surface area contributed by atoms with Crippen molar-refractivity contribution in [3.05, 3.63) is 65.4 Å². The van der Waals surface area contributed by atoms with Gasteiger partial charge in [0.15, 0.2) is 0 Å². The average molecular weight is 434 g/mol. The van der Waals surface area contributed by atoms with Gasteiger partial charge in [-0.3, -0.25) is 4.79 Å². The van der Waals surface area contributed by atoms with Crippen molar-refractivity contribution in [2.45, 2.75) is 6.92 Å². The predicted molar refractivity (Wildman–Crippen MR) is 116 cm³/mol. The van der Waals surface area contributed by atoms with Crippen LogP contribution in [0.25, 0.3) is 22.8 Å². The number of esters is 1. The molecular formula is C23H22N4O5. The molecule has 32 heavy (non-hydrogen) atoms. The molecule has 0 unspecified atom stereocenters. The average Bonchev–Trinajstić information content (AvgIpc) is 3.41. The maximum atomic E-state index is 12.7. The van der Waals surface area contributed by atoms with Gasteiger partial charge in [0.05, 0.1) is 25.8 Å². The van der Waals surface area contributed by atoms with E-state index in [9.17, 15) is 14.7 Å². The molecule has 1 aliphatic rings. The van der Waals surface area contributed by atoms with Gasteiger partial charge in [0.25, 0.3) is 11.8 Å². The van der Waals surface area contributed by atoms with E-state index in [0.717, 1.165) is 11.1 Å². The molecule has 2 heterocycles. The van der Waals surface area contributed by atoms with Crippen molar-refractivity contribution in [2.75, 3.05) is 32.1 Å². The number of aromatic nitrogens is 2. The summed E-state index contributed by atoms with van der Waals surface area (Å²) >= 11 is 0. The van der Waals surface area contributed by atoms with Crippen molar-refractivity contribution >= 4 is 17.6 Å². The van der Waals surface area contributed by atoms with Gasteiger partial charge in [-0.25, -0.2) is 4.79 Å². The van der Waals surface area contributed by atoms with Gasteiger partial charge in [0.1, 0.15) is 5.70 Å². The topological polar surface area (TPSA) is 118 Å². The van der Waals surface area contributed by atoms with Crippen molar-refractivity contribution in [2.24, 2.45) is 0 Å². The number of β-amino-alcohol motifs (C(OH)–C–C–N with tert-alkyl or cyclic N) is 1. The monoisotopic (exact) mass is 434 g/mol. The summed E-state index contributed by atoms with van der Waals surface area (Å²) < 4.78 is 10.3. The van der Waals surface area contributed by atoms with Gasteiger partial charge in [0.2, 0.25) is 5.82 Å². The van der Waals surface area contributed by atoms with E-state index in [1.54, 1.807) is 18.2 Å². The standard InChI is InChI=1S/C23H22N4O5/c1-14-5-3-6-15(11-14)20-25-21(32-26-20)16-7-4-8-17(12-16)24-19-18(23(30)31-2)13-27(9-10-28)22(19)29/h3-8,11-12,24,28H,9-10,13H2,1-2H3. The minimum atomic E-state index is -0.600. The highest BCUT2D eigenvalue weighted by atomic mass is 16.5. The predicted octanol–water partition coefficient (Wildman–Crippen LogP) is 2.39. The number of amides is 1. The van der Waals surface area contributed by atoms with Crippen LogP contribution in [0.15, 0.2) is 64.3 Å². The number of rotatable bonds is 7. The number of aliphatic hydroxyl groups is 1. The normalized spacial score (nSPS) is 13.6. The van der Waals surface area contributed by atoms with Crippen molar-refractivity contribution in [3.63, 3.8) is 0 Å². The fraction of sp³-hybridized carbons (Fsp3) is 0.217. The Bertz CT molecular complexity index is 1200. The first-order valence-electron chi connectivity index (χ1n) is 10.00. The van der Waals surface area contributed by atoms with Crippen LogP contribution in [0.2, 0.25) is 0 Å². The van der Waals surface area contributed by atoms with Crippen molar-refractivity contribution in [3.8, 4) is 22.8 Å². The number of nitrogens with one attached hydrogen (secondary N) is 1. The van der Waals surface area contributed by atoms with E-state index in [0.29, 0.717) is 23.0 Å². The molecule has 1 amide bonds. The third-order valence-electron chi connectivity index (χ3n) is 5.03. The molecule has 0 saturated carbocycles. The number of hydrogen-bond acceptors (Lipinski definition) is 8. The number of aliphatic hydroxyl groups excluding tert-OH is 1. The molecule has 3 aromatic rings. The molecule has 0 bridgehead atoms. The summed E-state index contributed by atoms with van der Waals surface area (Å²) in [6.07, 6.45) is 0. The van der Waals surface area contributed by atoms with Gasteiger partial charge in [0, 0.05) is 23.4 Å². The van der Waals surface area contributed by atoms with Gasteiger partial charge in [-0.05, 0) is 31.2 Å². The second-order valence-corrected chi connectivity index (χ2v) is 7.29. The Hall–Kier alpha value is -3.98. The van der Waals surface area contributed by atoms with Crippen molar-refractivity contribution in [1.29, 1.82) is 0 Å². The molecule has 0 spiro atoms. The van der Waals surface area contributed by atoms with E-state index in [4.69, 9.17) is 9.26 Å². The zero-order chi connectivity index (χ0) is 22.7. The Kier molecular flexibility index (Phi) is 6.00. The van der Waals surface area contributed by atoms with E-state index in [-0.39, 0.29) is 36.9 Å². The van der Waals surface area contributed by atoms with E-state index in [1.165, 1.54) is 12.0 Å². The largest absolute Gasteiger partial charge is 0.466 e. The number of hydrogen-bond donors (Lipinski definition) is 2. The van der Waals surface area contributed by atoms with E-state index >= 15 is 0 Å². The molecule has 4 rings (SSSR count). The number of carbonyl (C=O) groups is 2. The fourth-order valence-electron chi connectivity index (χ4n) is 3.47. The molecule has 9 heteroatoms. The first kappa shape index (κ1) is 21.3. The van der Waals surface area contributed by atoms with Crippen LogP contribution in [0.5, 0.6) is 0 Å². The number of nitrogens with zero attached hydrogens (tertiary/aromatic N) is 3. The van der Waals surface area contributed by atoms with E-state index < -0.39 is 5.97 Å². The zero-order valence-electron chi connectivity index (χ0n) is 17.7. The fourth-order valence-corrected chi connectivity index (χ4v) is 3.47. The van der Waals surface area contributed by atoms with E-state index in [1.807, 2.05) is 37.3 Å². The summed E-state index contributed by atoms with van der Waals surface area (Å²) in [5, 5.41) is 16.3. The third-order valence-corrected chi connectivity index (χ3v) is 5.03. The number of methoxy groups -OCH3 is 1. The Morgan fingerprint density at radius 2 is 2.00 bits per heavy atom. The molecular weight excluding hydrogens is 412 g/mol. The quantitative estimate of drug-likeness (QED) is 0.544. The SMILES string of the molecule is COC(=O)C1=C(Nc2cccc(-c3nc(-c4cccc(C)c4)no3)c2)C(=O)N(CCO)C1. The molecule has 0 fully saturated rings. The third kappa shape index (κ3) is 4.23. The summed E-state index contributed by atoms with van der Waals surface area (Å²) in [6.45, 7) is 1.97. The van der Waals surface area contributed by atoms with Crippen LogP contribution in [0.3, 0.4) is 0 Å². The second kappa shape index (κ2) is 9.03. The molecule has 9 nitrogen and oxygen atoms in total. The van der Waals surface area contributed by atoms with Crippen LogP contribution in [0.1, 0.15) is 5.56 Å². The van der Waals surface area contributed by atoms with Crippen LogP contribution in [-0.4, -0.2) is 58.8 Å². The Balaban J connectivity index is 1.61. The lowest BCUT2D eigenvalue weighted by atomic mass is 10.1. The minimum absolute atomic E-state index is 0.0671.